The molecule has 2 aromatic heterocycles. The maximum absolute atomic E-state index is 9.01. The lowest BCUT2D eigenvalue weighted by atomic mass is 10.2. The molecule has 0 bridgehead atoms. The number of anilines is 1. The van der Waals surface area contributed by atoms with Crippen molar-refractivity contribution in [1.29, 1.82) is 0 Å². The van der Waals surface area contributed by atoms with Gasteiger partial charge in [0.25, 0.3) is 0 Å². The van der Waals surface area contributed by atoms with E-state index in [1.54, 1.807) is 12.3 Å². The molecule has 0 radical (unpaired) electrons. The second-order valence-corrected chi connectivity index (χ2v) is 4.66. The van der Waals surface area contributed by atoms with Crippen LogP contribution in [-0.2, 0) is 13.1 Å². The van der Waals surface area contributed by atoms with E-state index in [1.165, 1.54) is 0 Å². The number of hydrogen-bond acceptors (Lipinski definition) is 5. The highest BCUT2D eigenvalue weighted by Gasteiger charge is 2.08. The van der Waals surface area contributed by atoms with Crippen molar-refractivity contribution in [3.63, 3.8) is 0 Å². The molecule has 0 spiro atoms. The number of nitrogen functional groups attached to an aromatic ring is 1. The van der Waals surface area contributed by atoms with Crippen LogP contribution in [0.4, 0.5) is 5.82 Å². The number of pyridine rings is 2. The number of aliphatic hydroxyl groups is 1. The normalized spacial score (nSPS) is 10.9. The Kier molecular flexibility index (Phi) is 5.46. The van der Waals surface area contributed by atoms with Crippen molar-refractivity contribution in [1.82, 2.24) is 14.9 Å². The molecule has 0 fully saturated rings. The predicted octanol–water partition coefficient (Wildman–Crippen LogP) is 1.44. The molecule has 0 atom stereocenters. The third-order valence-corrected chi connectivity index (χ3v) is 2.96. The van der Waals surface area contributed by atoms with Gasteiger partial charge in [0.1, 0.15) is 5.82 Å². The Morgan fingerprint density at radius 1 is 1.05 bits per heavy atom. The van der Waals surface area contributed by atoms with Crippen LogP contribution >= 0.6 is 0 Å². The van der Waals surface area contributed by atoms with E-state index >= 15 is 0 Å². The Bertz CT molecular complexity index is 518. The quantitative estimate of drug-likeness (QED) is 0.797. The van der Waals surface area contributed by atoms with Crippen molar-refractivity contribution in [2.45, 2.75) is 19.5 Å². The molecule has 0 saturated carbocycles. The van der Waals surface area contributed by atoms with E-state index in [4.69, 9.17) is 10.8 Å². The summed E-state index contributed by atoms with van der Waals surface area (Å²) in [7, 11) is 0. The highest BCUT2D eigenvalue weighted by molar-refractivity contribution is 5.28. The van der Waals surface area contributed by atoms with Crippen molar-refractivity contribution in [2.75, 3.05) is 18.9 Å². The molecule has 106 valence electrons. The first kappa shape index (κ1) is 14.4. The van der Waals surface area contributed by atoms with Gasteiger partial charge in [-0.05, 0) is 30.7 Å². The summed E-state index contributed by atoms with van der Waals surface area (Å²) >= 11 is 0. The summed E-state index contributed by atoms with van der Waals surface area (Å²) < 4.78 is 0. The van der Waals surface area contributed by atoms with Gasteiger partial charge in [-0.25, -0.2) is 4.98 Å². The van der Waals surface area contributed by atoms with Gasteiger partial charge in [-0.1, -0.05) is 12.1 Å². The molecular formula is C15H20N4O. The molecule has 2 heterocycles. The lowest BCUT2D eigenvalue weighted by Gasteiger charge is -2.21. The number of rotatable bonds is 7. The van der Waals surface area contributed by atoms with Gasteiger partial charge < -0.3 is 10.8 Å². The summed E-state index contributed by atoms with van der Waals surface area (Å²) in [5, 5.41) is 9.01. The zero-order valence-electron chi connectivity index (χ0n) is 11.4. The number of aromatic nitrogens is 2. The number of hydrogen-bond donors (Lipinski definition) is 2. The van der Waals surface area contributed by atoms with E-state index in [2.05, 4.69) is 14.9 Å². The van der Waals surface area contributed by atoms with Crippen LogP contribution in [0.2, 0.25) is 0 Å². The fourth-order valence-corrected chi connectivity index (χ4v) is 2.04. The molecule has 5 heteroatoms. The molecule has 2 rings (SSSR count). The van der Waals surface area contributed by atoms with Crippen molar-refractivity contribution in [3.8, 4) is 0 Å². The lowest BCUT2D eigenvalue weighted by molar-refractivity contribution is 0.209. The van der Waals surface area contributed by atoms with E-state index in [0.717, 1.165) is 30.9 Å². The van der Waals surface area contributed by atoms with Crippen LogP contribution in [0.5, 0.6) is 0 Å². The van der Waals surface area contributed by atoms with Gasteiger partial charge >= 0.3 is 0 Å². The molecule has 0 unspecified atom stereocenters. The number of nitrogens with two attached hydrogens (primary N) is 1. The average molecular weight is 272 g/mol. The summed E-state index contributed by atoms with van der Waals surface area (Å²) in [5.74, 6) is 0.530. The molecule has 5 nitrogen and oxygen atoms in total. The zero-order valence-corrected chi connectivity index (χ0v) is 11.4. The van der Waals surface area contributed by atoms with Crippen molar-refractivity contribution < 1.29 is 5.11 Å². The SMILES string of the molecule is Nc1cccc(CN(CCCO)Cc2ccccn2)n1. The van der Waals surface area contributed by atoms with E-state index in [0.29, 0.717) is 12.4 Å². The molecular weight excluding hydrogens is 252 g/mol. The summed E-state index contributed by atoms with van der Waals surface area (Å²) in [6.07, 6.45) is 2.52. The standard InChI is InChI=1S/C15H20N4O/c16-15-7-3-6-14(18-15)12-19(9-4-10-20)11-13-5-1-2-8-17-13/h1-3,5-8,20H,4,9-12H2,(H2,16,18). The van der Waals surface area contributed by atoms with Crippen LogP contribution < -0.4 is 5.73 Å². The van der Waals surface area contributed by atoms with Crippen LogP contribution in [0.1, 0.15) is 17.8 Å². The van der Waals surface area contributed by atoms with E-state index in [9.17, 15) is 0 Å². The van der Waals surface area contributed by atoms with Gasteiger partial charge in [-0.15, -0.1) is 0 Å². The largest absolute Gasteiger partial charge is 0.396 e. The summed E-state index contributed by atoms with van der Waals surface area (Å²) in [6.45, 7) is 2.41. The van der Waals surface area contributed by atoms with Gasteiger partial charge in [0.2, 0.25) is 0 Å². The first-order valence-corrected chi connectivity index (χ1v) is 6.72. The van der Waals surface area contributed by atoms with E-state index < -0.39 is 0 Å². The first-order valence-electron chi connectivity index (χ1n) is 6.72. The summed E-state index contributed by atoms with van der Waals surface area (Å²) in [5.41, 5.74) is 7.64. The Hall–Kier alpha value is -1.98. The second-order valence-electron chi connectivity index (χ2n) is 4.66. The maximum atomic E-state index is 9.01. The molecule has 2 aromatic rings. The van der Waals surface area contributed by atoms with Gasteiger partial charge in [0, 0.05) is 32.4 Å². The van der Waals surface area contributed by atoms with Gasteiger partial charge in [0.05, 0.1) is 11.4 Å². The fraction of sp³-hybridized carbons (Fsp3) is 0.333. The Labute approximate surface area is 119 Å². The third kappa shape index (κ3) is 4.60. The van der Waals surface area contributed by atoms with Crippen LogP contribution in [0.3, 0.4) is 0 Å². The summed E-state index contributed by atoms with van der Waals surface area (Å²) in [6, 6.07) is 11.5. The van der Waals surface area contributed by atoms with Crippen LogP contribution in [0, 0.1) is 0 Å². The molecule has 0 aliphatic rings. The van der Waals surface area contributed by atoms with E-state index in [-0.39, 0.29) is 6.61 Å². The predicted molar refractivity (Wildman–Crippen MR) is 78.7 cm³/mol. The Morgan fingerprint density at radius 2 is 1.85 bits per heavy atom. The maximum Gasteiger partial charge on any atom is 0.123 e. The zero-order chi connectivity index (χ0) is 14.2. The topological polar surface area (TPSA) is 75.3 Å². The minimum atomic E-state index is 0.184. The van der Waals surface area contributed by atoms with Crippen molar-refractivity contribution >= 4 is 5.82 Å². The molecule has 0 amide bonds. The average Bonchev–Trinajstić information content (AvgIpc) is 2.46. The molecule has 20 heavy (non-hydrogen) atoms. The van der Waals surface area contributed by atoms with Gasteiger partial charge in [-0.2, -0.15) is 0 Å². The fourth-order valence-electron chi connectivity index (χ4n) is 2.04. The Morgan fingerprint density at radius 3 is 2.55 bits per heavy atom. The Balaban J connectivity index is 2.03. The van der Waals surface area contributed by atoms with Crippen molar-refractivity contribution in [3.05, 3.63) is 54.0 Å². The first-order chi connectivity index (χ1) is 9.78. The van der Waals surface area contributed by atoms with Crippen LogP contribution in [0.15, 0.2) is 42.6 Å². The van der Waals surface area contributed by atoms with Crippen LogP contribution in [0.25, 0.3) is 0 Å². The summed E-state index contributed by atoms with van der Waals surface area (Å²) in [4.78, 5) is 10.9. The molecule has 0 aliphatic carbocycles. The van der Waals surface area contributed by atoms with Gasteiger partial charge in [-0.3, -0.25) is 9.88 Å². The number of aliphatic hydroxyl groups excluding tert-OH is 1. The molecule has 0 saturated heterocycles. The minimum absolute atomic E-state index is 0.184. The third-order valence-electron chi connectivity index (χ3n) is 2.96. The number of nitrogens with zero attached hydrogens (tertiary/aromatic N) is 3. The lowest BCUT2D eigenvalue weighted by Crippen LogP contribution is -2.25. The van der Waals surface area contributed by atoms with Crippen LogP contribution in [-0.4, -0.2) is 33.1 Å². The molecule has 3 N–H and O–H groups in total. The smallest absolute Gasteiger partial charge is 0.123 e. The molecule has 0 aromatic carbocycles. The monoisotopic (exact) mass is 272 g/mol. The van der Waals surface area contributed by atoms with Crippen molar-refractivity contribution in [2.24, 2.45) is 0 Å². The minimum Gasteiger partial charge on any atom is -0.396 e. The highest BCUT2D eigenvalue weighted by Crippen LogP contribution is 2.09. The second kappa shape index (κ2) is 7.57. The van der Waals surface area contributed by atoms with Gasteiger partial charge in [0.15, 0.2) is 0 Å². The van der Waals surface area contributed by atoms with E-state index in [1.807, 2.05) is 30.3 Å². The highest BCUT2D eigenvalue weighted by atomic mass is 16.3. The molecule has 0 aliphatic heterocycles.